The first kappa shape index (κ1) is 16.0. The van der Waals surface area contributed by atoms with Crippen molar-refractivity contribution in [3.63, 3.8) is 0 Å². The summed E-state index contributed by atoms with van der Waals surface area (Å²) in [5.41, 5.74) is 0.761. The summed E-state index contributed by atoms with van der Waals surface area (Å²) in [4.78, 5) is 28.1. The van der Waals surface area contributed by atoms with Crippen molar-refractivity contribution < 1.29 is 23.8 Å². The van der Waals surface area contributed by atoms with E-state index in [4.69, 9.17) is 14.2 Å². The smallest absolute Gasteiger partial charge is 0.317 e. The number of hydrogen-bond acceptors (Lipinski definition) is 5. The molecule has 3 aliphatic heterocycles. The Hall–Kier alpha value is -2.48. The number of carbonyl (C=O) groups is 2. The molecule has 3 aliphatic rings. The zero-order chi connectivity index (χ0) is 17.2. The third-order valence-corrected chi connectivity index (χ3v) is 4.59. The van der Waals surface area contributed by atoms with Crippen LogP contribution < -0.4 is 19.7 Å². The number of ether oxygens (including phenoxy) is 3. The van der Waals surface area contributed by atoms with Crippen LogP contribution in [-0.4, -0.2) is 68.9 Å². The fourth-order valence-corrected chi connectivity index (χ4v) is 3.29. The maximum atomic E-state index is 12.4. The Morgan fingerprint density at radius 3 is 2.64 bits per heavy atom. The molecule has 2 fully saturated rings. The summed E-state index contributed by atoms with van der Waals surface area (Å²) in [5, 5.41) is 2.95. The Morgan fingerprint density at radius 1 is 1.08 bits per heavy atom. The number of urea groups is 1. The lowest BCUT2D eigenvalue weighted by atomic mass is 10.2. The molecule has 0 radical (unpaired) electrons. The molecule has 0 unspecified atom stereocenters. The number of nitrogens with one attached hydrogen (secondary N) is 1. The Kier molecular flexibility index (Phi) is 4.35. The van der Waals surface area contributed by atoms with Gasteiger partial charge in [0.15, 0.2) is 11.5 Å². The first-order valence-corrected chi connectivity index (χ1v) is 8.54. The molecule has 0 aromatic heterocycles. The number of anilines is 1. The van der Waals surface area contributed by atoms with Crippen molar-refractivity contribution in [3.05, 3.63) is 18.2 Å². The van der Waals surface area contributed by atoms with Gasteiger partial charge in [-0.05, 0) is 12.1 Å². The van der Waals surface area contributed by atoms with E-state index >= 15 is 0 Å². The molecule has 1 N–H and O–H groups in total. The van der Waals surface area contributed by atoms with Crippen LogP contribution in [0.1, 0.15) is 6.42 Å². The third kappa shape index (κ3) is 3.34. The van der Waals surface area contributed by atoms with E-state index in [1.165, 1.54) is 0 Å². The van der Waals surface area contributed by atoms with Crippen molar-refractivity contribution in [1.82, 2.24) is 10.2 Å². The highest BCUT2D eigenvalue weighted by molar-refractivity contribution is 5.97. The van der Waals surface area contributed by atoms with Crippen LogP contribution in [-0.2, 0) is 9.53 Å². The second-order valence-electron chi connectivity index (χ2n) is 6.28. The van der Waals surface area contributed by atoms with Crippen molar-refractivity contribution in [2.75, 3.05) is 51.0 Å². The van der Waals surface area contributed by atoms with Gasteiger partial charge < -0.3 is 29.3 Å². The van der Waals surface area contributed by atoms with Gasteiger partial charge in [-0.1, -0.05) is 0 Å². The molecule has 0 saturated carbocycles. The van der Waals surface area contributed by atoms with E-state index in [2.05, 4.69) is 5.32 Å². The fourth-order valence-electron chi connectivity index (χ4n) is 3.29. The molecule has 1 atom stereocenters. The zero-order valence-corrected chi connectivity index (χ0v) is 13.9. The zero-order valence-electron chi connectivity index (χ0n) is 13.9. The summed E-state index contributed by atoms with van der Waals surface area (Å²) < 4.78 is 16.3. The third-order valence-electron chi connectivity index (χ3n) is 4.59. The molecular weight excluding hydrogens is 326 g/mol. The van der Waals surface area contributed by atoms with Gasteiger partial charge in [0, 0.05) is 37.8 Å². The van der Waals surface area contributed by atoms with Crippen LogP contribution >= 0.6 is 0 Å². The highest BCUT2D eigenvalue weighted by Crippen LogP contribution is 2.35. The second kappa shape index (κ2) is 6.79. The van der Waals surface area contributed by atoms with Crippen molar-refractivity contribution in [1.29, 1.82) is 0 Å². The van der Waals surface area contributed by atoms with Gasteiger partial charge in [-0.2, -0.15) is 0 Å². The number of rotatable bonds is 2. The van der Waals surface area contributed by atoms with E-state index < -0.39 is 0 Å². The average Bonchev–Trinajstić information content (AvgIpc) is 3.02. The van der Waals surface area contributed by atoms with Gasteiger partial charge in [-0.15, -0.1) is 0 Å². The summed E-state index contributed by atoms with van der Waals surface area (Å²) in [6.07, 6.45) is 0.296. The van der Waals surface area contributed by atoms with Crippen molar-refractivity contribution in [3.8, 4) is 11.5 Å². The summed E-state index contributed by atoms with van der Waals surface area (Å²) >= 11 is 0. The molecule has 1 aromatic carbocycles. The molecule has 3 heterocycles. The number of benzene rings is 1. The maximum absolute atomic E-state index is 12.4. The van der Waals surface area contributed by atoms with Gasteiger partial charge in [-0.3, -0.25) is 4.79 Å². The number of hydrogen-bond donors (Lipinski definition) is 1. The van der Waals surface area contributed by atoms with Crippen LogP contribution in [0.4, 0.5) is 10.5 Å². The first-order valence-electron chi connectivity index (χ1n) is 8.54. The minimum absolute atomic E-state index is 0.0102. The molecule has 0 spiro atoms. The van der Waals surface area contributed by atoms with Crippen LogP contribution in [0.25, 0.3) is 0 Å². The van der Waals surface area contributed by atoms with Crippen molar-refractivity contribution >= 4 is 17.6 Å². The number of morpholine rings is 1. The summed E-state index contributed by atoms with van der Waals surface area (Å²) in [6, 6.07) is 5.15. The second-order valence-corrected chi connectivity index (χ2v) is 6.28. The van der Waals surface area contributed by atoms with Gasteiger partial charge >= 0.3 is 6.03 Å². The highest BCUT2D eigenvalue weighted by Gasteiger charge is 2.33. The SMILES string of the molecule is O=C(N[C@@H]1CC(=O)N(c2ccc3c(c2)OCCO3)C1)N1CCOCC1. The largest absolute Gasteiger partial charge is 0.486 e. The van der Waals surface area contributed by atoms with E-state index in [1.807, 2.05) is 18.2 Å². The molecule has 8 heteroatoms. The minimum Gasteiger partial charge on any atom is -0.486 e. The molecule has 134 valence electrons. The summed E-state index contributed by atoms with van der Waals surface area (Å²) in [6.45, 7) is 3.76. The Bertz CT molecular complexity index is 674. The predicted octanol–water partition coefficient (Wildman–Crippen LogP) is 0.605. The highest BCUT2D eigenvalue weighted by atomic mass is 16.6. The van der Waals surface area contributed by atoms with Crippen LogP contribution in [0.2, 0.25) is 0 Å². The lowest BCUT2D eigenvalue weighted by Crippen LogP contribution is -2.49. The first-order chi connectivity index (χ1) is 12.2. The summed E-state index contributed by atoms with van der Waals surface area (Å²) in [5.74, 6) is 1.33. The lowest BCUT2D eigenvalue weighted by Gasteiger charge is -2.28. The lowest BCUT2D eigenvalue weighted by molar-refractivity contribution is -0.117. The molecule has 0 aliphatic carbocycles. The fraction of sp³-hybridized carbons (Fsp3) is 0.529. The van der Waals surface area contributed by atoms with Crippen LogP contribution in [0.5, 0.6) is 11.5 Å². The monoisotopic (exact) mass is 347 g/mol. The molecule has 8 nitrogen and oxygen atoms in total. The van der Waals surface area contributed by atoms with Gasteiger partial charge in [0.25, 0.3) is 0 Å². The number of amides is 3. The predicted molar refractivity (Wildman–Crippen MR) is 89.1 cm³/mol. The Labute approximate surface area is 145 Å². The Balaban J connectivity index is 1.41. The van der Waals surface area contributed by atoms with Gasteiger partial charge in [0.2, 0.25) is 5.91 Å². The molecule has 0 bridgehead atoms. The molecule has 1 aromatic rings. The van der Waals surface area contributed by atoms with Crippen molar-refractivity contribution in [2.24, 2.45) is 0 Å². The molecule has 3 amide bonds. The van der Waals surface area contributed by atoms with E-state index in [0.717, 1.165) is 5.69 Å². The maximum Gasteiger partial charge on any atom is 0.317 e. The topological polar surface area (TPSA) is 80.3 Å². The normalized spacial score (nSPS) is 22.9. The van der Waals surface area contributed by atoms with Crippen LogP contribution in [0.15, 0.2) is 18.2 Å². The quantitative estimate of drug-likeness (QED) is 0.848. The Morgan fingerprint density at radius 2 is 1.84 bits per heavy atom. The summed E-state index contributed by atoms with van der Waals surface area (Å²) in [7, 11) is 0. The number of carbonyl (C=O) groups excluding carboxylic acids is 2. The number of fused-ring (bicyclic) bond motifs is 1. The molecular formula is C17H21N3O5. The molecule has 2 saturated heterocycles. The van der Waals surface area contributed by atoms with Gasteiger partial charge in [0.05, 0.1) is 19.3 Å². The van der Waals surface area contributed by atoms with Crippen LogP contribution in [0.3, 0.4) is 0 Å². The van der Waals surface area contributed by atoms with E-state index in [9.17, 15) is 9.59 Å². The van der Waals surface area contributed by atoms with E-state index in [0.29, 0.717) is 64.0 Å². The van der Waals surface area contributed by atoms with E-state index in [1.54, 1.807) is 9.80 Å². The van der Waals surface area contributed by atoms with Gasteiger partial charge in [0.1, 0.15) is 13.2 Å². The van der Waals surface area contributed by atoms with E-state index in [-0.39, 0.29) is 18.0 Å². The molecule has 4 rings (SSSR count). The molecule has 25 heavy (non-hydrogen) atoms. The average molecular weight is 347 g/mol. The van der Waals surface area contributed by atoms with Crippen molar-refractivity contribution in [2.45, 2.75) is 12.5 Å². The standard InChI is InChI=1S/C17H21N3O5/c21-16-9-12(18-17(22)19-3-5-23-6-4-19)11-20(16)13-1-2-14-15(10-13)25-8-7-24-14/h1-2,10,12H,3-9,11H2,(H,18,22)/t12-/m1/s1. The minimum atomic E-state index is -0.198. The van der Waals surface area contributed by atoms with Gasteiger partial charge in [-0.25, -0.2) is 4.79 Å². The van der Waals surface area contributed by atoms with Crippen LogP contribution in [0, 0.1) is 0 Å². The number of nitrogens with zero attached hydrogens (tertiary/aromatic N) is 2.